The normalized spacial score (nSPS) is 16.8. The third-order valence-electron chi connectivity index (χ3n) is 5.00. The maximum absolute atomic E-state index is 11.3. The Balaban J connectivity index is 1.64. The van der Waals surface area contributed by atoms with Gasteiger partial charge in [-0.1, -0.05) is 42.5 Å². The molecule has 3 aromatic rings. The lowest BCUT2D eigenvalue weighted by molar-refractivity contribution is -0.384. The van der Waals surface area contributed by atoms with Crippen LogP contribution in [0.4, 0.5) is 11.4 Å². The highest BCUT2D eigenvalue weighted by Crippen LogP contribution is 2.35. The molecule has 0 saturated carbocycles. The molecule has 1 fully saturated rings. The fourth-order valence-corrected chi connectivity index (χ4v) is 3.82. The fourth-order valence-electron chi connectivity index (χ4n) is 3.57. The zero-order chi connectivity index (χ0) is 19.5. The summed E-state index contributed by atoms with van der Waals surface area (Å²) in [5.74, 6) is 1.23. The molecule has 6 nitrogen and oxygen atoms in total. The smallest absolute Gasteiger partial charge is 0.280 e. The molecular formula is C21H19N3O3S. The van der Waals surface area contributed by atoms with E-state index in [1.54, 1.807) is 29.8 Å². The summed E-state index contributed by atoms with van der Waals surface area (Å²) in [4.78, 5) is 15.3. The van der Waals surface area contributed by atoms with E-state index < -0.39 is 4.92 Å². The fraction of sp³-hybridized carbons (Fsp3) is 0.190. The van der Waals surface area contributed by atoms with Gasteiger partial charge in [0.05, 0.1) is 16.0 Å². The number of benzene rings is 2. The van der Waals surface area contributed by atoms with Gasteiger partial charge in [0.25, 0.3) is 5.69 Å². The summed E-state index contributed by atoms with van der Waals surface area (Å²) in [6, 6.07) is 20.5. The zero-order valence-electron chi connectivity index (χ0n) is 15.1. The molecule has 142 valence electrons. The number of nitro benzene ring substituents is 1. The van der Waals surface area contributed by atoms with Crippen LogP contribution in [-0.2, 0) is 0 Å². The molecule has 0 amide bonds. The Hall–Kier alpha value is -3.19. The van der Waals surface area contributed by atoms with E-state index in [4.69, 9.17) is 16.6 Å². The van der Waals surface area contributed by atoms with Gasteiger partial charge < -0.3 is 14.2 Å². The Morgan fingerprint density at radius 3 is 2.54 bits per heavy atom. The van der Waals surface area contributed by atoms with Crippen LogP contribution in [0.25, 0.3) is 11.3 Å². The topological polar surface area (TPSA) is 62.8 Å². The predicted octanol–water partition coefficient (Wildman–Crippen LogP) is 4.68. The number of hydrogen-bond donors (Lipinski definition) is 0. The maximum Gasteiger partial charge on any atom is 0.280 e. The summed E-state index contributed by atoms with van der Waals surface area (Å²) in [5.41, 5.74) is 3.33. The average Bonchev–Trinajstić information content (AvgIpc) is 3.24. The third-order valence-corrected chi connectivity index (χ3v) is 5.27. The first-order chi connectivity index (χ1) is 13.7. The van der Waals surface area contributed by atoms with Crippen molar-refractivity contribution in [3.05, 3.63) is 82.6 Å². The van der Waals surface area contributed by atoms with Gasteiger partial charge in [-0.15, -0.1) is 0 Å². The van der Waals surface area contributed by atoms with Crippen molar-refractivity contribution in [1.29, 1.82) is 0 Å². The van der Waals surface area contributed by atoms with E-state index in [2.05, 4.69) is 21.9 Å². The SMILES string of the molecule is O=[N+]([O-])c1ccccc1-c1ccc(C2CN(c3ccccc3)CCN2C=S)o1. The minimum atomic E-state index is -0.390. The molecule has 0 aliphatic carbocycles. The molecule has 4 rings (SSSR count). The molecule has 7 heteroatoms. The second kappa shape index (κ2) is 7.82. The first kappa shape index (κ1) is 18.2. The molecule has 0 spiro atoms. The largest absolute Gasteiger partial charge is 0.459 e. The van der Waals surface area contributed by atoms with Gasteiger partial charge in [-0.2, -0.15) is 0 Å². The highest BCUT2D eigenvalue weighted by atomic mass is 32.1. The number of piperazine rings is 1. The van der Waals surface area contributed by atoms with Crippen LogP contribution in [0, 0.1) is 10.1 Å². The number of anilines is 1. The first-order valence-electron chi connectivity index (χ1n) is 9.02. The highest BCUT2D eigenvalue weighted by molar-refractivity contribution is 7.78. The summed E-state index contributed by atoms with van der Waals surface area (Å²) in [6.07, 6.45) is 0. The van der Waals surface area contributed by atoms with Crippen molar-refractivity contribution in [2.24, 2.45) is 0 Å². The van der Waals surface area contributed by atoms with Crippen LogP contribution in [0.3, 0.4) is 0 Å². The minimum Gasteiger partial charge on any atom is -0.459 e. The van der Waals surface area contributed by atoms with Crippen LogP contribution in [0.15, 0.2) is 71.1 Å². The molecule has 0 radical (unpaired) electrons. The molecule has 2 heterocycles. The van der Waals surface area contributed by atoms with E-state index in [1.807, 2.05) is 24.3 Å². The van der Waals surface area contributed by atoms with Crippen molar-refractivity contribution in [1.82, 2.24) is 4.90 Å². The van der Waals surface area contributed by atoms with Gasteiger partial charge in [0, 0.05) is 31.4 Å². The number of rotatable bonds is 5. The molecule has 1 atom stereocenters. The van der Waals surface area contributed by atoms with Crippen molar-refractivity contribution in [2.45, 2.75) is 6.04 Å². The van der Waals surface area contributed by atoms with E-state index in [1.165, 1.54) is 6.07 Å². The van der Waals surface area contributed by atoms with E-state index in [9.17, 15) is 10.1 Å². The predicted molar refractivity (Wildman–Crippen MR) is 113 cm³/mol. The van der Waals surface area contributed by atoms with E-state index in [0.717, 1.165) is 31.1 Å². The Kier molecular flexibility index (Phi) is 5.08. The number of furan rings is 1. The molecule has 1 aliphatic heterocycles. The van der Waals surface area contributed by atoms with E-state index in [-0.39, 0.29) is 11.7 Å². The second-order valence-electron chi connectivity index (χ2n) is 6.62. The van der Waals surface area contributed by atoms with Gasteiger partial charge in [0.15, 0.2) is 0 Å². The number of thiocarbonyl (C=S) groups is 1. The Labute approximate surface area is 168 Å². The maximum atomic E-state index is 11.3. The first-order valence-corrected chi connectivity index (χ1v) is 9.49. The van der Waals surface area contributed by atoms with E-state index in [0.29, 0.717) is 11.3 Å². The van der Waals surface area contributed by atoms with Crippen LogP contribution in [-0.4, -0.2) is 34.9 Å². The quantitative estimate of drug-likeness (QED) is 0.356. The Bertz CT molecular complexity index is 989. The van der Waals surface area contributed by atoms with Gasteiger partial charge in [-0.3, -0.25) is 10.1 Å². The van der Waals surface area contributed by atoms with Gasteiger partial charge in [0.2, 0.25) is 0 Å². The standard InChI is InChI=1S/C21H19N3O3S/c25-24(26)18-9-5-4-8-17(18)20-10-11-21(27-20)19-14-22(12-13-23(19)15-28)16-6-2-1-3-7-16/h1-11,15,19H,12-14H2. The molecule has 1 aliphatic rings. The molecule has 0 bridgehead atoms. The van der Waals surface area contributed by atoms with Gasteiger partial charge in [0.1, 0.15) is 17.6 Å². The monoisotopic (exact) mass is 393 g/mol. The van der Waals surface area contributed by atoms with Gasteiger partial charge in [-0.25, -0.2) is 0 Å². The summed E-state index contributed by atoms with van der Waals surface area (Å²) >= 11 is 5.21. The highest BCUT2D eigenvalue weighted by Gasteiger charge is 2.29. The lowest BCUT2D eigenvalue weighted by Gasteiger charge is -2.40. The van der Waals surface area contributed by atoms with Crippen molar-refractivity contribution in [3.63, 3.8) is 0 Å². The van der Waals surface area contributed by atoms with Crippen LogP contribution in [0.5, 0.6) is 0 Å². The Morgan fingerprint density at radius 1 is 1.04 bits per heavy atom. The molecular weight excluding hydrogens is 374 g/mol. The van der Waals surface area contributed by atoms with Crippen molar-refractivity contribution in [2.75, 3.05) is 24.5 Å². The minimum absolute atomic E-state index is 0.0321. The number of nitro groups is 1. The average molecular weight is 393 g/mol. The van der Waals surface area contributed by atoms with Crippen molar-refractivity contribution in [3.8, 4) is 11.3 Å². The summed E-state index contributed by atoms with van der Waals surface area (Å²) in [7, 11) is 0. The summed E-state index contributed by atoms with van der Waals surface area (Å²) < 4.78 is 6.08. The molecule has 1 unspecified atom stereocenters. The zero-order valence-corrected chi connectivity index (χ0v) is 15.9. The Morgan fingerprint density at radius 2 is 1.79 bits per heavy atom. The van der Waals surface area contributed by atoms with Gasteiger partial charge >= 0.3 is 0 Å². The van der Waals surface area contributed by atoms with Crippen LogP contribution in [0.1, 0.15) is 11.8 Å². The second-order valence-corrected chi connectivity index (χ2v) is 6.83. The molecule has 0 N–H and O–H groups in total. The van der Waals surface area contributed by atoms with Crippen LogP contribution >= 0.6 is 12.2 Å². The van der Waals surface area contributed by atoms with Crippen molar-refractivity contribution < 1.29 is 9.34 Å². The van der Waals surface area contributed by atoms with E-state index >= 15 is 0 Å². The molecule has 28 heavy (non-hydrogen) atoms. The number of nitrogens with zero attached hydrogens (tertiary/aromatic N) is 3. The lowest BCUT2D eigenvalue weighted by atomic mass is 10.1. The van der Waals surface area contributed by atoms with Crippen LogP contribution < -0.4 is 4.90 Å². The molecule has 1 saturated heterocycles. The number of hydrogen-bond acceptors (Lipinski definition) is 5. The van der Waals surface area contributed by atoms with Gasteiger partial charge in [-0.05, 0) is 30.3 Å². The number of para-hydroxylation sites is 2. The van der Waals surface area contributed by atoms with Crippen molar-refractivity contribution >= 4 is 29.1 Å². The molecule has 1 aromatic heterocycles. The lowest BCUT2D eigenvalue weighted by Crippen LogP contribution is -2.47. The molecule has 2 aromatic carbocycles. The third kappa shape index (κ3) is 3.48. The summed E-state index contributed by atoms with van der Waals surface area (Å²) in [6.45, 7) is 2.37. The summed E-state index contributed by atoms with van der Waals surface area (Å²) in [5, 5.41) is 11.3. The van der Waals surface area contributed by atoms with Crippen LogP contribution in [0.2, 0.25) is 0 Å².